The number of aliphatic hydroxyl groups is 1. The summed E-state index contributed by atoms with van der Waals surface area (Å²) in [6.45, 7) is 3.34. The first-order chi connectivity index (χ1) is 9.44. The topological polar surface area (TPSA) is 32.3 Å². The molecule has 2 aromatic carbocycles. The summed E-state index contributed by atoms with van der Waals surface area (Å²) < 4.78 is 26.7. The van der Waals surface area contributed by atoms with E-state index in [1.54, 1.807) is 6.92 Å². The van der Waals surface area contributed by atoms with Gasteiger partial charge in [0.1, 0.15) is 11.6 Å². The fourth-order valence-corrected chi connectivity index (χ4v) is 2.09. The first-order valence-electron chi connectivity index (χ1n) is 6.36. The lowest BCUT2D eigenvalue weighted by molar-refractivity contribution is 0.223. The average Bonchev–Trinajstić information content (AvgIpc) is 2.40. The third-order valence-corrected chi connectivity index (χ3v) is 3.37. The Morgan fingerprint density at radius 3 is 2.25 bits per heavy atom. The van der Waals surface area contributed by atoms with E-state index in [1.807, 2.05) is 31.2 Å². The molecule has 0 radical (unpaired) electrons. The van der Waals surface area contributed by atoms with E-state index in [1.165, 1.54) is 12.1 Å². The number of hydrogen-bond acceptors (Lipinski definition) is 2. The molecule has 2 aromatic rings. The first kappa shape index (κ1) is 14.5. The van der Waals surface area contributed by atoms with Crippen molar-refractivity contribution in [3.8, 4) is 0 Å². The predicted molar refractivity (Wildman–Crippen MR) is 75.6 cm³/mol. The summed E-state index contributed by atoms with van der Waals surface area (Å²) in [6.07, 6.45) is 0. The number of aliphatic hydroxyl groups excluding tert-OH is 1. The van der Waals surface area contributed by atoms with E-state index in [2.05, 4.69) is 5.32 Å². The van der Waals surface area contributed by atoms with E-state index in [9.17, 15) is 13.9 Å². The highest BCUT2D eigenvalue weighted by molar-refractivity contribution is 5.53. The molecule has 0 aliphatic rings. The van der Waals surface area contributed by atoms with Gasteiger partial charge >= 0.3 is 0 Å². The van der Waals surface area contributed by atoms with Crippen LogP contribution in [0.15, 0.2) is 42.5 Å². The van der Waals surface area contributed by atoms with Gasteiger partial charge in [-0.1, -0.05) is 18.2 Å². The zero-order chi connectivity index (χ0) is 14.8. The number of nitrogens with one attached hydrogen (secondary N) is 1. The van der Waals surface area contributed by atoms with Crippen LogP contribution in [0.2, 0.25) is 0 Å². The summed E-state index contributed by atoms with van der Waals surface area (Å²) >= 11 is 0. The van der Waals surface area contributed by atoms with Crippen molar-refractivity contribution in [3.63, 3.8) is 0 Å². The minimum absolute atomic E-state index is 0.287. The van der Waals surface area contributed by atoms with Crippen molar-refractivity contribution in [3.05, 3.63) is 65.2 Å². The van der Waals surface area contributed by atoms with E-state index in [-0.39, 0.29) is 6.61 Å². The van der Waals surface area contributed by atoms with Gasteiger partial charge in [-0.05, 0) is 43.2 Å². The van der Waals surface area contributed by atoms with Crippen molar-refractivity contribution in [1.82, 2.24) is 0 Å². The molecule has 2 nitrogen and oxygen atoms in total. The molecule has 0 spiro atoms. The Kier molecular flexibility index (Phi) is 4.04. The third-order valence-electron chi connectivity index (χ3n) is 3.37. The fourth-order valence-electron chi connectivity index (χ4n) is 2.09. The van der Waals surface area contributed by atoms with Gasteiger partial charge < -0.3 is 10.4 Å². The van der Waals surface area contributed by atoms with Crippen LogP contribution >= 0.6 is 0 Å². The summed E-state index contributed by atoms with van der Waals surface area (Å²) in [5.41, 5.74) is 1.20. The van der Waals surface area contributed by atoms with Gasteiger partial charge in [-0.15, -0.1) is 0 Å². The summed E-state index contributed by atoms with van der Waals surface area (Å²) in [7, 11) is 0. The van der Waals surface area contributed by atoms with Crippen molar-refractivity contribution in [2.45, 2.75) is 19.4 Å². The van der Waals surface area contributed by atoms with Crippen molar-refractivity contribution in [1.29, 1.82) is 0 Å². The van der Waals surface area contributed by atoms with Gasteiger partial charge in [-0.2, -0.15) is 0 Å². The number of rotatable bonds is 4. The quantitative estimate of drug-likeness (QED) is 0.895. The SMILES string of the molecule is Cc1ccccc1NC(C)(CO)c1cc(F)cc(F)c1. The van der Waals surface area contributed by atoms with Crippen LogP contribution in [0, 0.1) is 18.6 Å². The third kappa shape index (κ3) is 2.96. The highest BCUT2D eigenvalue weighted by Crippen LogP contribution is 2.28. The zero-order valence-corrected chi connectivity index (χ0v) is 11.5. The van der Waals surface area contributed by atoms with Crippen LogP contribution in [0.5, 0.6) is 0 Å². The molecule has 0 heterocycles. The van der Waals surface area contributed by atoms with Gasteiger partial charge in [-0.3, -0.25) is 0 Å². The normalized spacial score (nSPS) is 13.8. The Morgan fingerprint density at radius 1 is 1.10 bits per heavy atom. The molecule has 0 saturated carbocycles. The monoisotopic (exact) mass is 277 g/mol. The van der Waals surface area contributed by atoms with Crippen LogP contribution in [-0.4, -0.2) is 11.7 Å². The van der Waals surface area contributed by atoms with Crippen LogP contribution < -0.4 is 5.32 Å². The number of halogens is 2. The maximum absolute atomic E-state index is 13.4. The van der Waals surface area contributed by atoms with Crippen LogP contribution in [0.1, 0.15) is 18.1 Å². The van der Waals surface area contributed by atoms with Crippen molar-refractivity contribution in [2.24, 2.45) is 0 Å². The summed E-state index contributed by atoms with van der Waals surface area (Å²) in [6, 6.07) is 10.8. The second kappa shape index (κ2) is 5.59. The van der Waals surface area contributed by atoms with Gasteiger partial charge in [0.2, 0.25) is 0 Å². The number of anilines is 1. The molecule has 20 heavy (non-hydrogen) atoms. The van der Waals surface area contributed by atoms with Crippen LogP contribution in [0.25, 0.3) is 0 Å². The predicted octanol–water partition coefficient (Wildman–Crippen LogP) is 3.59. The summed E-state index contributed by atoms with van der Waals surface area (Å²) in [4.78, 5) is 0. The van der Waals surface area contributed by atoms with Crippen LogP contribution in [0.4, 0.5) is 14.5 Å². The summed E-state index contributed by atoms with van der Waals surface area (Å²) in [5, 5.41) is 12.8. The standard InChI is InChI=1S/C16H17F2NO/c1-11-5-3-4-6-15(11)19-16(2,10-20)12-7-13(17)9-14(18)8-12/h3-9,19-20H,10H2,1-2H3. The van der Waals surface area contributed by atoms with E-state index < -0.39 is 17.2 Å². The lowest BCUT2D eigenvalue weighted by Gasteiger charge is -2.31. The van der Waals surface area contributed by atoms with Crippen LogP contribution in [-0.2, 0) is 5.54 Å². The van der Waals surface area contributed by atoms with E-state index in [4.69, 9.17) is 0 Å². The first-order valence-corrected chi connectivity index (χ1v) is 6.36. The molecule has 2 N–H and O–H groups in total. The molecule has 0 aromatic heterocycles. The molecule has 0 aliphatic heterocycles. The molecule has 0 amide bonds. The molecule has 0 aliphatic carbocycles. The molecule has 1 atom stereocenters. The van der Waals surface area contributed by atoms with E-state index in [0.29, 0.717) is 5.56 Å². The van der Waals surface area contributed by atoms with Gasteiger partial charge in [0, 0.05) is 11.8 Å². The number of benzene rings is 2. The van der Waals surface area contributed by atoms with Gasteiger partial charge in [0.15, 0.2) is 0 Å². The fraction of sp³-hybridized carbons (Fsp3) is 0.250. The smallest absolute Gasteiger partial charge is 0.126 e. The van der Waals surface area contributed by atoms with E-state index >= 15 is 0 Å². The van der Waals surface area contributed by atoms with E-state index in [0.717, 1.165) is 17.3 Å². The minimum Gasteiger partial charge on any atom is -0.394 e. The summed E-state index contributed by atoms with van der Waals surface area (Å²) in [5.74, 6) is -1.32. The van der Waals surface area contributed by atoms with Crippen molar-refractivity contribution in [2.75, 3.05) is 11.9 Å². The maximum atomic E-state index is 13.4. The molecule has 106 valence electrons. The Morgan fingerprint density at radius 2 is 1.70 bits per heavy atom. The molecule has 0 bridgehead atoms. The average molecular weight is 277 g/mol. The second-order valence-electron chi connectivity index (χ2n) is 5.09. The Bertz CT molecular complexity index is 595. The molecular formula is C16H17F2NO. The molecule has 2 rings (SSSR count). The maximum Gasteiger partial charge on any atom is 0.126 e. The van der Waals surface area contributed by atoms with Crippen molar-refractivity contribution >= 4 is 5.69 Å². The lowest BCUT2D eigenvalue weighted by Crippen LogP contribution is -2.36. The zero-order valence-electron chi connectivity index (χ0n) is 11.5. The number of para-hydroxylation sites is 1. The molecule has 0 saturated heterocycles. The largest absolute Gasteiger partial charge is 0.394 e. The highest BCUT2D eigenvalue weighted by atomic mass is 19.1. The van der Waals surface area contributed by atoms with Crippen LogP contribution in [0.3, 0.4) is 0 Å². The Balaban J connectivity index is 2.41. The Labute approximate surface area is 117 Å². The van der Waals surface area contributed by atoms with Gasteiger partial charge in [-0.25, -0.2) is 8.78 Å². The Hall–Kier alpha value is -1.94. The number of hydrogen-bond donors (Lipinski definition) is 2. The molecule has 0 fully saturated rings. The molecule has 1 unspecified atom stereocenters. The van der Waals surface area contributed by atoms with Crippen molar-refractivity contribution < 1.29 is 13.9 Å². The minimum atomic E-state index is -0.963. The number of aryl methyl sites for hydroxylation is 1. The lowest BCUT2D eigenvalue weighted by atomic mass is 9.92. The second-order valence-corrected chi connectivity index (χ2v) is 5.09. The molecular weight excluding hydrogens is 260 g/mol. The highest BCUT2D eigenvalue weighted by Gasteiger charge is 2.27. The molecule has 4 heteroatoms. The van der Waals surface area contributed by atoms with Gasteiger partial charge in [0.05, 0.1) is 12.1 Å². The van der Waals surface area contributed by atoms with Gasteiger partial charge in [0.25, 0.3) is 0 Å².